The van der Waals surface area contributed by atoms with Gasteiger partial charge in [-0.05, 0) is 36.3 Å². The van der Waals surface area contributed by atoms with Crippen molar-refractivity contribution in [3.05, 3.63) is 83.1 Å². The summed E-state index contributed by atoms with van der Waals surface area (Å²) in [4.78, 5) is 4.16. The Balaban J connectivity index is 1.77. The van der Waals surface area contributed by atoms with Gasteiger partial charge < -0.3 is 9.73 Å². The van der Waals surface area contributed by atoms with Gasteiger partial charge in [0.2, 0.25) is 17.5 Å². The van der Waals surface area contributed by atoms with Crippen LogP contribution in [0.5, 0.6) is 0 Å². The average molecular weight is 333 g/mol. The molecule has 4 nitrogen and oxygen atoms in total. The first-order valence-electron chi connectivity index (χ1n) is 7.82. The summed E-state index contributed by atoms with van der Waals surface area (Å²) in [5.74, 6) is 0.350. The molecule has 1 N–H and O–H groups in total. The summed E-state index contributed by atoms with van der Waals surface area (Å²) in [6.07, 6.45) is 3.39. The monoisotopic (exact) mass is 333 g/mol. The molecule has 0 spiro atoms. The van der Waals surface area contributed by atoms with E-state index in [2.05, 4.69) is 10.3 Å². The molecule has 3 aromatic rings. The number of oxazole rings is 1. The molecule has 5 heteroatoms. The summed E-state index contributed by atoms with van der Waals surface area (Å²) in [5.41, 5.74) is 2.08. The molecule has 0 amide bonds. The summed E-state index contributed by atoms with van der Waals surface area (Å²) in [6.45, 7) is 1.98. The van der Waals surface area contributed by atoms with E-state index in [4.69, 9.17) is 4.42 Å². The van der Waals surface area contributed by atoms with Crippen molar-refractivity contribution in [2.75, 3.05) is 5.32 Å². The van der Waals surface area contributed by atoms with Gasteiger partial charge in [0.05, 0.1) is 6.04 Å². The Morgan fingerprint density at radius 1 is 1.12 bits per heavy atom. The highest BCUT2D eigenvalue weighted by Crippen LogP contribution is 2.24. The number of nitrogens with zero attached hydrogens (tertiary/aromatic N) is 2. The predicted molar refractivity (Wildman–Crippen MR) is 95.0 cm³/mol. The molecule has 0 fully saturated rings. The molecule has 1 aromatic heterocycles. The van der Waals surface area contributed by atoms with Crippen molar-refractivity contribution in [1.29, 1.82) is 5.26 Å². The first-order valence-corrected chi connectivity index (χ1v) is 7.82. The van der Waals surface area contributed by atoms with Crippen LogP contribution in [-0.4, -0.2) is 4.98 Å². The highest BCUT2D eigenvalue weighted by atomic mass is 19.1. The topological polar surface area (TPSA) is 61.9 Å². The lowest BCUT2D eigenvalue weighted by molar-refractivity contribution is 0.552. The fourth-order valence-corrected chi connectivity index (χ4v) is 2.34. The zero-order valence-electron chi connectivity index (χ0n) is 13.6. The zero-order valence-corrected chi connectivity index (χ0v) is 13.6. The van der Waals surface area contributed by atoms with Crippen molar-refractivity contribution < 1.29 is 8.81 Å². The Morgan fingerprint density at radius 3 is 2.52 bits per heavy atom. The van der Waals surface area contributed by atoms with Crippen molar-refractivity contribution in [2.24, 2.45) is 0 Å². The zero-order chi connectivity index (χ0) is 17.6. The molecule has 3 rings (SSSR count). The Kier molecular flexibility index (Phi) is 4.91. The van der Waals surface area contributed by atoms with Gasteiger partial charge in [-0.1, -0.05) is 42.5 Å². The lowest BCUT2D eigenvalue weighted by atomic mass is 10.1. The first kappa shape index (κ1) is 16.5. The van der Waals surface area contributed by atoms with Gasteiger partial charge in [-0.3, -0.25) is 0 Å². The number of hydrogen-bond acceptors (Lipinski definition) is 4. The normalized spacial score (nSPS) is 12.0. The fraction of sp³-hybridized carbons (Fsp3) is 0.100. The van der Waals surface area contributed by atoms with Crippen molar-refractivity contribution in [3.63, 3.8) is 0 Å². The first-order chi connectivity index (χ1) is 12.2. The van der Waals surface area contributed by atoms with Crippen LogP contribution in [-0.2, 0) is 0 Å². The molecule has 25 heavy (non-hydrogen) atoms. The van der Waals surface area contributed by atoms with Gasteiger partial charge in [-0.25, -0.2) is 4.39 Å². The van der Waals surface area contributed by atoms with Gasteiger partial charge in [0.1, 0.15) is 11.9 Å². The number of anilines is 1. The number of halogens is 1. The Hall–Kier alpha value is -3.39. The maximum atomic E-state index is 12.9. The molecule has 0 saturated heterocycles. The SMILES string of the molecule is CC(Nc1oc(C=Cc2ccc(F)cc2)nc1C#N)c1ccccc1. The van der Waals surface area contributed by atoms with E-state index in [1.165, 1.54) is 12.1 Å². The molecule has 124 valence electrons. The lowest BCUT2D eigenvalue weighted by Crippen LogP contribution is -2.06. The molecule has 0 saturated carbocycles. The van der Waals surface area contributed by atoms with Crippen LogP contribution in [0.25, 0.3) is 12.2 Å². The molecule has 1 unspecified atom stereocenters. The Labute approximate surface area is 145 Å². The number of aromatic nitrogens is 1. The molecule has 0 radical (unpaired) electrons. The number of rotatable bonds is 5. The van der Waals surface area contributed by atoms with Crippen LogP contribution >= 0.6 is 0 Å². The molecule has 2 aromatic carbocycles. The maximum Gasteiger partial charge on any atom is 0.233 e. The second kappa shape index (κ2) is 7.45. The summed E-state index contributed by atoms with van der Waals surface area (Å²) >= 11 is 0. The third-order valence-electron chi connectivity index (χ3n) is 3.69. The van der Waals surface area contributed by atoms with Crippen molar-refractivity contribution >= 4 is 18.0 Å². The van der Waals surface area contributed by atoms with Gasteiger partial charge in [-0.15, -0.1) is 0 Å². The van der Waals surface area contributed by atoms with Crippen molar-refractivity contribution in [2.45, 2.75) is 13.0 Å². The van der Waals surface area contributed by atoms with Crippen LogP contribution in [0.15, 0.2) is 59.0 Å². The van der Waals surface area contributed by atoms with E-state index >= 15 is 0 Å². The lowest BCUT2D eigenvalue weighted by Gasteiger charge is -2.12. The molecule has 1 atom stereocenters. The standard InChI is InChI=1S/C20H16FN3O/c1-14(16-5-3-2-4-6-16)23-20-18(13-22)24-19(25-20)12-9-15-7-10-17(21)11-8-15/h2-12,14,23H,1H3. The quantitative estimate of drug-likeness (QED) is 0.711. The summed E-state index contributed by atoms with van der Waals surface area (Å²) in [7, 11) is 0. The Bertz CT molecular complexity index is 908. The van der Waals surface area contributed by atoms with Crippen molar-refractivity contribution in [3.8, 4) is 6.07 Å². The molecular formula is C20H16FN3O. The van der Waals surface area contributed by atoms with E-state index in [0.29, 0.717) is 11.8 Å². The second-order valence-electron chi connectivity index (χ2n) is 5.50. The summed E-state index contributed by atoms with van der Waals surface area (Å²) in [5, 5.41) is 12.4. The summed E-state index contributed by atoms with van der Waals surface area (Å²) in [6, 6.07) is 17.9. The Morgan fingerprint density at radius 2 is 1.84 bits per heavy atom. The average Bonchev–Trinajstić information content (AvgIpc) is 3.04. The van der Waals surface area contributed by atoms with E-state index in [1.54, 1.807) is 24.3 Å². The van der Waals surface area contributed by atoms with Gasteiger partial charge in [0.15, 0.2) is 0 Å². The van der Waals surface area contributed by atoms with Gasteiger partial charge >= 0.3 is 0 Å². The number of nitrogens with one attached hydrogen (secondary N) is 1. The minimum absolute atomic E-state index is 0.0322. The molecule has 0 aliphatic carbocycles. The van der Waals surface area contributed by atoms with E-state index < -0.39 is 0 Å². The predicted octanol–water partition coefficient (Wildman–Crippen LogP) is 5.03. The smallest absolute Gasteiger partial charge is 0.233 e. The molecule has 1 heterocycles. The molecule has 0 aliphatic rings. The van der Waals surface area contributed by atoms with Crippen LogP contribution < -0.4 is 5.32 Å². The van der Waals surface area contributed by atoms with E-state index in [-0.39, 0.29) is 17.6 Å². The van der Waals surface area contributed by atoms with Crippen LogP contribution in [0.4, 0.5) is 10.3 Å². The minimum Gasteiger partial charge on any atom is -0.420 e. The van der Waals surface area contributed by atoms with E-state index in [0.717, 1.165) is 11.1 Å². The number of hydrogen-bond donors (Lipinski definition) is 1. The largest absolute Gasteiger partial charge is 0.420 e. The number of nitriles is 1. The molecule has 0 bridgehead atoms. The van der Waals surface area contributed by atoms with Gasteiger partial charge in [-0.2, -0.15) is 10.2 Å². The maximum absolute atomic E-state index is 12.9. The third-order valence-corrected chi connectivity index (χ3v) is 3.69. The highest BCUT2D eigenvalue weighted by Gasteiger charge is 2.14. The fourth-order valence-electron chi connectivity index (χ4n) is 2.34. The third kappa shape index (κ3) is 4.12. The van der Waals surface area contributed by atoms with E-state index in [1.807, 2.05) is 43.3 Å². The summed E-state index contributed by atoms with van der Waals surface area (Å²) < 4.78 is 18.6. The van der Waals surface area contributed by atoms with Gasteiger partial charge in [0.25, 0.3) is 0 Å². The van der Waals surface area contributed by atoms with Crippen molar-refractivity contribution in [1.82, 2.24) is 4.98 Å². The van der Waals surface area contributed by atoms with Crippen LogP contribution in [0.3, 0.4) is 0 Å². The molecular weight excluding hydrogens is 317 g/mol. The highest BCUT2D eigenvalue weighted by molar-refractivity contribution is 5.67. The van der Waals surface area contributed by atoms with Crippen LogP contribution in [0, 0.1) is 17.1 Å². The van der Waals surface area contributed by atoms with Gasteiger partial charge in [0, 0.05) is 6.08 Å². The second-order valence-corrected chi connectivity index (χ2v) is 5.50. The van der Waals surface area contributed by atoms with Crippen LogP contribution in [0.2, 0.25) is 0 Å². The number of benzene rings is 2. The molecule has 0 aliphatic heterocycles. The van der Waals surface area contributed by atoms with E-state index in [9.17, 15) is 9.65 Å². The minimum atomic E-state index is -0.290. The van der Waals surface area contributed by atoms with Crippen LogP contribution in [0.1, 0.15) is 35.7 Å².